The van der Waals surface area contributed by atoms with Crippen LogP contribution in [0.4, 0.5) is 5.69 Å². The molecule has 0 aliphatic rings. The van der Waals surface area contributed by atoms with Gasteiger partial charge in [0.2, 0.25) is 0 Å². The van der Waals surface area contributed by atoms with Crippen molar-refractivity contribution in [2.75, 3.05) is 19.0 Å². The summed E-state index contributed by atoms with van der Waals surface area (Å²) in [7, 11) is 3.56. The molecule has 0 atom stereocenters. The van der Waals surface area contributed by atoms with Crippen LogP contribution in [-0.2, 0) is 6.42 Å². The van der Waals surface area contributed by atoms with Crippen LogP contribution in [0.15, 0.2) is 40.6 Å². The lowest BCUT2D eigenvalue weighted by Crippen LogP contribution is -2.27. The standard InChI is InChI=1S/C22H23N3O2S/c1-5-17-14(2)24-22(27)20(25(3)4)19(17)21(26)16-8-6-7-15(13-16)9-10-18-23-11-12-28-18/h6-13H,5H2,1-4H3,(H,24,27)/b10-9+. The van der Waals surface area contributed by atoms with E-state index in [1.807, 2.05) is 49.6 Å². The maximum absolute atomic E-state index is 13.4. The number of ketones is 1. The summed E-state index contributed by atoms with van der Waals surface area (Å²) in [5, 5.41) is 2.83. The fourth-order valence-corrected chi connectivity index (χ4v) is 3.80. The van der Waals surface area contributed by atoms with Crippen LogP contribution in [-0.4, -0.2) is 29.8 Å². The number of benzene rings is 1. The highest BCUT2D eigenvalue weighted by molar-refractivity contribution is 7.10. The number of hydrogen-bond donors (Lipinski definition) is 1. The number of hydrogen-bond acceptors (Lipinski definition) is 5. The zero-order valence-electron chi connectivity index (χ0n) is 16.4. The van der Waals surface area contributed by atoms with E-state index >= 15 is 0 Å². The number of aryl methyl sites for hydroxylation is 1. The van der Waals surface area contributed by atoms with E-state index < -0.39 is 0 Å². The summed E-state index contributed by atoms with van der Waals surface area (Å²) in [6, 6.07) is 7.44. The van der Waals surface area contributed by atoms with Gasteiger partial charge in [-0.05, 0) is 36.6 Å². The minimum absolute atomic E-state index is 0.140. The maximum atomic E-state index is 13.4. The van der Waals surface area contributed by atoms with E-state index in [1.165, 1.54) is 0 Å². The fourth-order valence-electron chi connectivity index (χ4n) is 3.27. The minimum Gasteiger partial charge on any atom is -0.373 e. The predicted octanol–water partition coefficient (Wildman–Crippen LogP) is 4.17. The third-order valence-electron chi connectivity index (χ3n) is 4.55. The second kappa shape index (κ2) is 8.35. The molecule has 2 heterocycles. The van der Waals surface area contributed by atoms with Crippen LogP contribution in [0, 0.1) is 6.92 Å². The Kier molecular flexibility index (Phi) is 5.90. The molecule has 0 aliphatic heterocycles. The molecule has 0 amide bonds. The van der Waals surface area contributed by atoms with Gasteiger partial charge in [0.15, 0.2) is 5.78 Å². The lowest BCUT2D eigenvalue weighted by Gasteiger charge is -2.20. The molecule has 0 saturated carbocycles. The van der Waals surface area contributed by atoms with Gasteiger partial charge in [-0.2, -0.15) is 0 Å². The van der Waals surface area contributed by atoms with E-state index in [2.05, 4.69) is 9.97 Å². The van der Waals surface area contributed by atoms with Crippen molar-refractivity contribution in [2.45, 2.75) is 20.3 Å². The SMILES string of the molecule is CCc1c(C)[nH]c(=O)c(N(C)C)c1C(=O)c1cccc(/C=C/c2nccs2)c1. The second-order valence-electron chi connectivity index (χ2n) is 6.69. The molecule has 3 aromatic rings. The Bertz CT molecular complexity index is 1080. The molecule has 0 spiro atoms. The third-order valence-corrected chi connectivity index (χ3v) is 5.29. The molecule has 5 nitrogen and oxygen atoms in total. The average molecular weight is 394 g/mol. The lowest BCUT2D eigenvalue weighted by atomic mass is 9.93. The molecule has 2 aromatic heterocycles. The number of H-pyrrole nitrogens is 1. The molecule has 0 fully saturated rings. The van der Waals surface area contributed by atoms with Crippen molar-refractivity contribution in [1.29, 1.82) is 0 Å². The van der Waals surface area contributed by atoms with Gasteiger partial charge in [0.1, 0.15) is 10.7 Å². The maximum Gasteiger partial charge on any atom is 0.272 e. The van der Waals surface area contributed by atoms with Gasteiger partial charge in [0.25, 0.3) is 5.56 Å². The summed E-state index contributed by atoms with van der Waals surface area (Å²) >= 11 is 1.55. The van der Waals surface area contributed by atoms with Crippen molar-refractivity contribution in [3.8, 4) is 0 Å². The Morgan fingerprint density at radius 2 is 2.07 bits per heavy atom. The van der Waals surface area contributed by atoms with Crippen LogP contribution in [0.3, 0.4) is 0 Å². The molecule has 6 heteroatoms. The van der Waals surface area contributed by atoms with E-state index in [4.69, 9.17) is 0 Å². The normalized spacial score (nSPS) is 11.1. The van der Waals surface area contributed by atoms with E-state index in [0.717, 1.165) is 21.8 Å². The Morgan fingerprint density at radius 1 is 1.29 bits per heavy atom. The first-order valence-corrected chi connectivity index (χ1v) is 9.95. The van der Waals surface area contributed by atoms with Crippen molar-refractivity contribution in [3.05, 3.63) is 79.2 Å². The smallest absolute Gasteiger partial charge is 0.272 e. The number of aromatic amines is 1. The highest BCUT2D eigenvalue weighted by Crippen LogP contribution is 2.25. The zero-order chi connectivity index (χ0) is 20.3. The topological polar surface area (TPSA) is 66.1 Å². The van der Waals surface area contributed by atoms with Gasteiger partial charge >= 0.3 is 0 Å². The monoisotopic (exact) mass is 393 g/mol. The predicted molar refractivity (Wildman–Crippen MR) is 116 cm³/mol. The first-order valence-electron chi connectivity index (χ1n) is 9.07. The number of carbonyl (C=O) groups is 1. The summed E-state index contributed by atoms with van der Waals surface area (Å²) in [5.74, 6) is -0.140. The Balaban J connectivity index is 2.08. The highest BCUT2D eigenvalue weighted by Gasteiger charge is 2.23. The summed E-state index contributed by atoms with van der Waals surface area (Å²) < 4.78 is 0. The van der Waals surface area contributed by atoms with Crippen LogP contribution in [0.1, 0.15) is 44.7 Å². The van der Waals surface area contributed by atoms with Crippen LogP contribution >= 0.6 is 11.3 Å². The van der Waals surface area contributed by atoms with Gasteiger partial charge in [-0.1, -0.05) is 31.2 Å². The van der Waals surface area contributed by atoms with Gasteiger partial charge in [-0.3, -0.25) is 9.59 Å². The molecular weight excluding hydrogens is 370 g/mol. The zero-order valence-corrected chi connectivity index (χ0v) is 17.3. The van der Waals surface area contributed by atoms with Gasteiger partial charge in [0.05, 0.1) is 5.56 Å². The Morgan fingerprint density at radius 3 is 2.71 bits per heavy atom. The fraction of sp³-hybridized carbons (Fsp3) is 0.227. The number of nitrogens with zero attached hydrogens (tertiary/aromatic N) is 2. The number of carbonyl (C=O) groups excluding carboxylic acids is 1. The molecule has 144 valence electrons. The van der Waals surface area contributed by atoms with Gasteiger partial charge in [0, 0.05) is 36.9 Å². The van der Waals surface area contributed by atoms with Crippen molar-refractivity contribution >= 4 is 35.0 Å². The summed E-state index contributed by atoms with van der Waals surface area (Å²) in [4.78, 5) is 34.8. The molecule has 1 aromatic carbocycles. The largest absolute Gasteiger partial charge is 0.373 e. The number of pyridine rings is 1. The number of nitrogens with one attached hydrogen (secondary N) is 1. The third kappa shape index (κ3) is 3.97. The van der Waals surface area contributed by atoms with Crippen LogP contribution in [0.25, 0.3) is 12.2 Å². The van der Waals surface area contributed by atoms with Crippen LogP contribution in [0.2, 0.25) is 0 Å². The number of aromatic nitrogens is 2. The number of anilines is 1. The van der Waals surface area contributed by atoms with Crippen LogP contribution < -0.4 is 10.5 Å². The second-order valence-corrected chi connectivity index (χ2v) is 7.61. The van der Waals surface area contributed by atoms with Gasteiger partial charge in [-0.15, -0.1) is 11.3 Å². The molecule has 3 rings (SSSR count). The Labute approximate surface area is 168 Å². The molecule has 0 bridgehead atoms. The van der Waals surface area contributed by atoms with E-state index in [1.54, 1.807) is 42.6 Å². The van der Waals surface area contributed by atoms with E-state index in [9.17, 15) is 9.59 Å². The number of thiazole rings is 1. The van der Waals surface area contributed by atoms with Crippen molar-refractivity contribution in [3.63, 3.8) is 0 Å². The first-order chi connectivity index (χ1) is 13.4. The quantitative estimate of drug-likeness (QED) is 0.639. The average Bonchev–Trinajstić information content (AvgIpc) is 3.18. The van der Waals surface area contributed by atoms with Crippen molar-refractivity contribution in [2.24, 2.45) is 0 Å². The molecule has 0 radical (unpaired) electrons. The first kappa shape index (κ1) is 19.8. The Hall–Kier alpha value is -2.99. The van der Waals surface area contributed by atoms with Crippen molar-refractivity contribution in [1.82, 2.24) is 9.97 Å². The summed E-state index contributed by atoms with van der Waals surface area (Å²) in [6.07, 6.45) is 6.28. The molecule has 0 saturated heterocycles. The van der Waals surface area contributed by atoms with Gasteiger partial charge < -0.3 is 9.88 Å². The molecule has 0 unspecified atom stereocenters. The molecule has 1 N–H and O–H groups in total. The molecular formula is C22H23N3O2S. The minimum atomic E-state index is -0.247. The van der Waals surface area contributed by atoms with E-state index in [0.29, 0.717) is 23.2 Å². The van der Waals surface area contributed by atoms with E-state index in [-0.39, 0.29) is 11.3 Å². The number of rotatable bonds is 6. The highest BCUT2D eigenvalue weighted by atomic mass is 32.1. The van der Waals surface area contributed by atoms with Crippen LogP contribution in [0.5, 0.6) is 0 Å². The van der Waals surface area contributed by atoms with Gasteiger partial charge in [-0.25, -0.2) is 4.98 Å². The molecule has 28 heavy (non-hydrogen) atoms. The summed E-state index contributed by atoms with van der Waals surface area (Å²) in [6.45, 7) is 3.83. The lowest BCUT2D eigenvalue weighted by molar-refractivity contribution is 0.103. The molecule has 0 aliphatic carbocycles. The van der Waals surface area contributed by atoms with Crippen molar-refractivity contribution < 1.29 is 4.79 Å². The summed E-state index contributed by atoms with van der Waals surface area (Å²) in [5.41, 5.74) is 3.71.